The molecule has 0 radical (unpaired) electrons. The van der Waals surface area contributed by atoms with E-state index in [1.807, 2.05) is 7.05 Å². The molecule has 4 bridgehead atoms. The van der Waals surface area contributed by atoms with Crippen molar-refractivity contribution < 1.29 is 0 Å². The molecule has 1 unspecified atom stereocenters. The van der Waals surface area contributed by atoms with Gasteiger partial charge in [-0.3, -0.25) is 0 Å². The topological polar surface area (TPSA) is 24.1 Å². The minimum absolute atomic E-state index is 0.561. The van der Waals surface area contributed by atoms with Gasteiger partial charge in [-0.15, -0.1) is 0 Å². The van der Waals surface area contributed by atoms with Crippen LogP contribution in [0.1, 0.15) is 58.3 Å². The van der Waals surface area contributed by atoms with Crippen LogP contribution >= 0.6 is 12.2 Å². The van der Waals surface area contributed by atoms with Crippen molar-refractivity contribution in [1.29, 1.82) is 0 Å². The SMILES string of the molecule is CCCC(NC(=S)NC)C12CC3CC(CC(C3)C1)C2. The van der Waals surface area contributed by atoms with Crippen molar-refractivity contribution >= 4 is 17.3 Å². The van der Waals surface area contributed by atoms with Gasteiger partial charge in [0.1, 0.15) is 0 Å². The van der Waals surface area contributed by atoms with E-state index in [9.17, 15) is 0 Å². The molecule has 2 nitrogen and oxygen atoms in total. The van der Waals surface area contributed by atoms with Gasteiger partial charge in [0.15, 0.2) is 5.11 Å². The Balaban J connectivity index is 1.78. The van der Waals surface area contributed by atoms with Gasteiger partial charge < -0.3 is 10.6 Å². The quantitative estimate of drug-likeness (QED) is 0.771. The second-order valence-corrected chi connectivity index (χ2v) is 7.75. The van der Waals surface area contributed by atoms with Crippen molar-refractivity contribution in [3.05, 3.63) is 0 Å². The second kappa shape index (κ2) is 5.23. The first-order valence-electron chi connectivity index (χ1n) is 8.13. The van der Waals surface area contributed by atoms with E-state index in [0.29, 0.717) is 11.5 Å². The average Bonchev–Trinajstić information content (AvgIpc) is 2.36. The fourth-order valence-corrected chi connectivity index (χ4v) is 5.80. The summed E-state index contributed by atoms with van der Waals surface area (Å²) in [6, 6.07) is 0.603. The first-order valence-corrected chi connectivity index (χ1v) is 8.54. The lowest BCUT2D eigenvalue weighted by Crippen LogP contribution is -2.57. The van der Waals surface area contributed by atoms with Gasteiger partial charge in [-0.05, 0) is 80.3 Å². The van der Waals surface area contributed by atoms with E-state index in [1.54, 1.807) is 0 Å². The van der Waals surface area contributed by atoms with Gasteiger partial charge in [0.05, 0.1) is 0 Å². The summed E-state index contributed by atoms with van der Waals surface area (Å²) in [5.74, 6) is 3.07. The standard InChI is InChI=1S/C16H28N2S/c1-3-4-14(18-15(19)17-2)16-8-11-5-12(9-16)7-13(6-11)10-16/h11-14H,3-10H2,1-2H3,(H2,17,18,19). The van der Waals surface area contributed by atoms with Crippen LogP contribution in [0.4, 0.5) is 0 Å². The Bertz CT molecular complexity index is 317. The molecule has 4 rings (SSSR count). The van der Waals surface area contributed by atoms with Gasteiger partial charge in [-0.25, -0.2) is 0 Å². The molecule has 2 N–H and O–H groups in total. The fraction of sp³-hybridized carbons (Fsp3) is 0.938. The molecule has 0 aromatic carbocycles. The van der Waals surface area contributed by atoms with Crippen LogP contribution < -0.4 is 10.6 Å². The van der Waals surface area contributed by atoms with Crippen LogP contribution in [0.15, 0.2) is 0 Å². The molecule has 4 fully saturated rings. The lowest BCUT2D eigenvalue weighted by molar-refractivity contribution is -0.0719. The zero-order chi connectivity index (χ0) is 13.5. The van der Waals surface area contributed by atoms with Gasteiger partial charge in [0.25, 0.3) is 0 Å². The van der Waals surface area contributed by atoms with Crippen LogP contribution in [0, 0.1) is 23.2 Å². The lowest BCUT2D eigenvalue weighted by Gasteiger charge is -2.59. The first-order chi connectivity index (χ1) is 9.15. The Morgan fingerprint density at radius 2 is 1.68 bits per heavy atom. The van der Waals surface area contributed by atoms with E-state index in [4.69, 9.17) is 12.2 Å². The van der Waals surface area contributed by atoms with Gasteiger partial charge in [-0.1, -0.05) is 13.3 Å². The molecule has 0 aromatic heterocycles. The fourth-order valence-electron chi connectivity index (χ4n) is 5.65. The third-order valence-electron chi connectivity index (χ3n) is 5.93. The van der Waals surface area contributed by atoms with Crippen molar-refractivity contribution in [2.45, 2.75) is 64.3 Å². The van der Waals surface area contributed by atoms with Crippen molar-refractivity contribution in [1.82, 2.24) is 10.6 Å². The van der Waals surface area contributed by atoms with Crippen LogP contribution in [0.3, 0.4) is 0 Å². The van der Waals surface area contributed by atoms with Gasteiger partial charge in [-0.2, -0.15) is 0 Å². The Hall–Kier alpha value is -0.310. The number of thiocarbonyl (C=S) groups is 1. The minimum atomic E-state index is 0.561. The van der Waals surface area contributed by atoms with Crippen LogP contribution in [-0.4, -0.2) is 18.2 Å². The monoisotopic (exact) mass is 280 g/mol. The van der Waals surface area contributed by atoms with E-state index < -0.39 is 0 Å². The molecule has 4 aliphatic carbocycles. The third kappa shape index (κ3) is 2.51. The predicted octanol–water partition coefficient (Wildman–Crippen LogP) is 3.47. The van der Waals surface area contributed by atoms with E-state index in [0.717, 1.165) is 22.9 Å². The maximum absolute atomic E-state index is 5.38. The number of hydrogen-bond donors (Lipinski definition) is 2. The first kappa shape index (κ1) is 13.7. The van der Waals surface area contributed by atoms with E-state index >= 15 is 0 Å². The van der Waals surface area contributed by atoms with Gasteiger partial charge in [0, 0.05) is 13.1 Å². The summed E-state index contributed by atoms with van der Waals surface area (Å²) >= 11 is 5.38. The highest BCUT2D eigenvalue weighted by Gasteiger charge is 2.53. The Morgan fingerprint density at radius 3 is 2.11 bits per heavy atom. The zero-order valence-electron chi connectivity index (χ0n) is 12.4. The highest BCUT2D eigenvalue weighted by molar-refractivity contribution is 7.80. The zero-order valence-corrected chi connectivity index (χ0v) is 13.2. The second-order valence-electron chi connectivity index (χ2n) is 7.34. The van der Waals surface area contributed by atoms with Crippen molar-refractivity contribution in [3.63, 3.8) is 0 Å². The molecular weight excluding hydrogens is 252 g/mol. The molecule has 4 saturated carbocycles. The van der Waals surface area contributed by atoms with Gasteiger partial charge >= 0.3 is 0 Å². The number of nitrogens with one attached hydrogen (secondary N) is 2. The Labute approximate surface area is 123 Å². The summed E-state index contributed by atoms with van der Waals surface area (Å²) in [7, 11) is 1.93. The minimum Gasteiger partial charge on any atom is -0.366 e. The predicted molar refractivity (Wildman–Crippen MR) is 84.1 cm³/mol. The molecule has 19 heavy (non-hydrogen) atoms. The van der Waals surface area contributed by atoms with E-state index in [1.165, 1.54) is 51.4 Å². The smallest absolute Gasteiger partial charge is 0.166 e. The van der Waals surface area contributed by atoms with Crippen molar-refractivity contribution in [2.24, 2.45) is 23.2 Å². The summed E-state index contributed by atoms with van der Waals surface area (Å²) in [4.78, 5) is 0. The van der Waals surface area contributed by atoms with Crippen molar-refractivity contribution in [3.8, 4) is 0 Å². The maximum atomic E-state index is 5.38. The molecule has 0 heterocycles. The summed E-state index contributed by atoms with van der Waals surface area (Å²) < 4.78 is 0. The normalized spacial score (nSPS) is 41.1. The summed E-state index contributed by atoms with van der Waals surface area (Å²) in [5.41, 5.74) is 0.561. The molecule has 108 valence electrons. The number of hydrogen-bond acceptors (Lipinski definition) is 1. The largest absolute Gasteiger partial charge is 0.366 e. The van der Waals surface area contributed by atoms with E-state index in [-0.39, 0.29) is 0 Å². The van der Waals surface area contributed by atoms with Crippen LogP contribution in [0.5, 0.6) is 0 Å². The van der Waals surface area contributed by atoms with E-state index in [2.05, 4.69) is 17.6 Å². The summed E-state index contributed by atoms with van der Waals surface area (Å²) in [5, 5.41) is 7.59. The lowest BCUT2D eigenvalue weighted by atomic mass is 9.47. The molecule has 1 atom stereocenters. The molecule has 0 spiro atoms. The Kier molecular flexibility index (Phi) is 3.76. The van der Waals surface area contributed by atoms with Crippen molar-refractivity contribution in [2.75, 3.05) is 7.05 Å². The Morgan fingerprint density at radius 1 is 1.16 bits per heavy atom. The molecule has 3 heteroatoms. The highest BCUT2D eigenvalue weighted by Crippen LogP contribution is 2.61. The third-order valence-corrected chi connectivity index (χ3v) is 6.26. The molecule has 0 saturated heterocycles. The number of rotatable bonds is 4. The molecule has 0 amide bonds. The molecule has 0 aliphatic heterocycles. The highest BCUT2D eigenvalue weighted by atomic mass is 32.1. The maximum Gasteiger partial charge on any atom is 0.166 e. The van der Waals surface area contributed by atoms with Gasteiger partial charge in [0.2, 0.25) is 0 Å². The molecule has 0 aromatic rings. The van der Waals surface area contributed by atoms with Crippen LogP contribution in [-0.2, 0) is 0 Å². The van der Waals surface area contributed by atoms with Crippen LogP contribution in [0.2, 0.25) is 0 Å². The molecule has 4 aliphatic rings. The summed E-state index contributed by atoms with van der Waals surface area (Å²) in [6.45, 7) is 2.30. The van der Waals surface area contributed by atoms with Crippen LogP contribution in [0.25, 0.3) is 0 Å². The average molecular weight is 280 g/mol. The molecular formula is C16H28N2S. The summed E-state index contributed by atoms with van der Waals surface area (Å²) in [6.07, 6.45) is 11.5.